The predicted molar refractivity (Wildman–Crippen MR) is 200 cm³/mol. The Labute approximate surface area is 302 Å². The Morgan fingerprint density at radius 3 is 1.16 bits per heavy atom. The van der Waals surface area contributed by atoms with E-state index in [0.717, 1.165) is 59.8 Å². The first-order chi connectivity index (χ1) is 24.8. The first kappa shape index (κ1) is 37.3. The lowest BCUT2D eigenvalue weighted by Crippen LogP contribution is -2.28. The van der Waals surface area contributed by atoms with Crippen molar-refractivity contribution < 1.29 is 22.3 Å². The summed E-state index contributed by atoms with van der Waals surface area (Å²) in [5.74, 6) is -1.08. The highest BCUT2D eigenvalue weighted by molar-refractivity contribution is 5.64. The Morgan fingerprint density at radius 1 is 0.471 bits per heavy atom. The van der Waals surface area contributed by atoms with Crippen molar-refractivity contribution >= 4 is 0 Å². The minimum Gasteiger partial charge on any atom is -0.365 e. The average molecular weight is 699 g/mol. The number of halogens is 4. The van der Waals surface area contributed by atoms with Gasteiger partial charge in [-0.05, 0) is 107 Å². The SMILES string of the molecule is CCCC[C@H]1CC[C@H](C(OC(c2ccc(-c3ccc(F)c(F)c3)cc2)[C@H]2CC[C@H](CCCC)CC2)c2ccc(-c3ccc(F)c(F)c3)cc2)CC1. The molecule has 6 rings (SSSR count). The summed E-state index contributed by atoms with van der Waals surface area (Å²) in [6.07, 6.45) is 16.8. The van der Waals surface area contributed by atoms with Crippen LogP contribution in [0.4, 0.5) is 17.6 Å². The van der Waals surface area contributed by atoms with Crippen LogP contribution in [0.2, 0.25) is 0 Å². The van der Waals surface area contributed by atoms with Crippen LogP contribution in [0.25, 0.3) is 22.3 Å². The third kappa shape index (κ3) is 9.52. The van der Waals surface area contributed by atoms with Crippen molar-refractivity contribution in [3.63, 3.8) is 0 Å². The van der Waals surface area contributed by atoms with E-state index in [4.69, 9.17) is 4.74 Å². The number of hydrogen-bond acceptors (Lipinski definition) is 1. The maximum absolute atomic E-state index is 14.1. The van der Waals surface area contributed by atoms with Crippen LogP contribution >= 0.6 is 0 Å². The maximum atomic E-state index is 14.1. The third-order valence-corrected chi connectivity index (χ3v) is 11.8. The van der Waals surface area contributed by atoms with Gasteiger partial charge in [-0.1, -0.05) is 139 Å². The molecule has 0 saturated heterocycles. The van der Waals surface area contributed by atoms with Gasteiger partial charge in [-0.25, -0.2) is 17.6 Å². The van der Waals surface area contributed by atoms with Gasteiger partial charge in [0.1, 0.15) is 0 Å². The second-order valence-electron chi connectivity index (χ2n) is 15.3. The van der Waals surface area contributed by atoms with Crippen LogP contribution in [0, 0.1) is 46.9 Å². The molecule has 5 heteroatoms. The van der Waals surface area contributed by atoms with Crippen LogP contribution in [0.15, 0.2) is 84.9 Å². The Hall–Kier alpha value is -3.44. The number of rotatable bonds is 14. The molecule has 2 fully saturated rings. The number of benzene rings is 4. The molecule has 1 nitrogen and oxygen atoms in total. The molecule has 2 saturated carbocycles. The largest absolute Gasteiger partial charge is 0.365 e. The number of ether oxygens (including phenoxy) is 1. The van der Waals surface area contributed by atoms with Gasteiger partial charge in [-0.15, -0.1) is 0 Å². The van der Waals surface area contributed by atoms with Crippen LogP contribution in [0.1, 0.15) is 127 Å². The second-order valence-corrected chi connectivity index (χ2v) is 15.3. The van der Waals surface area contributed by atoms with Gasteiger partial charge in [-0.2, -0.15) is 0 Å². The summed E-state index contributed by atoms with van der Waals surface area (Å²) in [6.45, 7) is 4.53. The molecule has 0 N–H and O–H groups in total. The summed E-state index contributed by atoms with van der Waals surface area (Å²) in [6, 6.07) is 24.6. The van der Waals surface area contributed by atoms with Gasteiger partial charge in [0, 0.05) is 0 Å². The summed E-state index contributed by atoms with van der Waals surface area (Å²) < 4.78 is 63.1. The minimum atomic E-state index is -0.847. The topological polar surface area (TPSA) is 9.23 Å². The van der Waals surface area contributed by atoms with Crippen LogP contribution in [0.5, 0.6) is 0 Å². The van der Waals surface area contributed by atoms with E-state index in [9.17, 15) is 17.6 Å². The first-order valence-corrected chi connectivity index (χ1v) is 19.6. The lowest BCUT2D eigenvalue weighted by molar-refractivity contribution is -0.0907. The van der Waals surface area contributed by atoms with Gasteiger partial charge in [0.25, 0.3) is 0 Å². The molecule has 0 aliphatic heterocycles. The fourth-order valence-corrected chi connectivity index (χ4v) is 8.71. The van der Waals surface area contributed by atoms with Crippen molar-refractivity contribution in [1.29, 1.82) is 0 Å². The molecular formula is C46H54F4O. The van der Waals surface area contributed by atoms with Crippen LogP contribution in [0.3, 0.4) is 0 Å². The highest BCUT2D eigenvalue weighted by atomic mass is 19.2. The highest BCUT2D eigenvalue weighted by Gasteiger charge is 2.36. The summed E-state index contributed by atoms with van der Waals surface area (Å²) in [7, 11) is 0. The molecule has 2 aliphatic carbocycles. The zero-order chi connectivity index (χ0) is 35.7. The molecule has 0 radical (unpaired) electrons. The molecule has 0 amide bonds. The maximum Gasteiger partial charge on any atom is 0.159 e. The Morgan fingerprint density at radius 2 is 0.824 bits per heavy atom. The molecule has 4 aromatic carbocycles. The molecule has 0 bridgehead atoms. The Balaban J connectivity index is 1.30. The Kier molecular flexibility index (Phi) is 13.1. The van der Waals surface area contributed by atoms with Gasteiger partial charge in [0.2, 0.25) is 0 Å². The van der Waals surface area contributed by atoms with Gasteiger partial charge in [-0.3, -0.25) is 0 Å². The van der Waals surface area contributed by atoms with E-state index in [-0.39, 0.29) is 12.2 Å². The fraction of sp³-hybridized carbons (Fsp3) is 0.478. The summed E-state index contributed by atoms with van der Waals surface area (Å²) in [4.78, 5) is 0. The monoisotopic (exact) mass is 698 g/mol. The molecule has 0 heterocycles. The van der Waals surface area contributed by atoms with Crippen molar-refractivity contribution in [1.82, 2.24) is 0 Å². The molecule has 0 aromatic heterocycles. The number of hydrogen-bond donors (Lipinski definition) is 0. The van der Waals surface area contributed by atoms with E-state index in [0.29, 0.717) is 23.0 Å². The average Bonchev–Trinajstić information content (AvgIpc) is 3.17. The molecule has 2 unspecified atom stereocenters. The normalized spacial score (nSPS) is 22.1. The molecular weight excluding hydrogens is 644 g/mol. The van der Waals surface area contributed by atoms with E-state index >= 15 is 0 Å². The van der Waals surface area contributed by atoms with E-state index in [2.05, 4.69) is 38.1 Å². The van der Waals surface area contributed by atoms with Crippen molar-refractivity contribution in [3.8, 4) is 22.3 Å². The smallest absolute Gasteiger partial charge is 0.159 e. The molecule has 272 valence electrons. The quantitative estimate of drug-likeness (QED) is 0.119. The van der Waals surface area contributed by atoms with Gasteiger partial charge >= 0.3 is 0 Å². The van der Waals surface area contributed by atoms with Crippen molar-refractivity contribution in [2.24, 2.45) is 23.7 Å². The predicted octanol–water partition coefficient (Wildman–Crippen LogP) is 14.4. The van der Waals surface area contributed by atoms with Crippen LogP contribution < -0.4 is 0 Å². The van der Waals surface area contributed by atoms with Crippen molar-refractivity contribution in [3.05, 3.63) is 119 Å². The molecule has 2 atom stereocenters. The first-order valence-electron chi connectivity index (χ1n) is 19.6. The van der Waals surface area contributed by atoms with Gasteiger partial charge in [0.05, 0.1) is 12.2 Å². The zero-order valence-corrected chi connectivity index (χ0v) is 30.4. The lowest BCUT2D eigenvalue weighted by Gasteiger charge is -2.40. The number of unbranched alkanes of at least 4 members (excludes halogenated alkanes) is 2. The van der Waals surface area contributed by atoms with E-state index < -0.39 is 23.3 Å². The minimum absolute atomic E-state index is 0.107. The van der Waals surface area contributed by atoms with E-state index in [1.807, 2.05) is 24.3 Å². The summed E-state index contributed by atoms with van der Waals surface area (Å²) in [5, 5.41) is 0. The molecule has 4 aromatic rings. The van der Waals surface area contributed by atoms with Crippen molar-refractivity contribution in [2.45, 2.75) is 116 Å². The second kappa shape index (κ2) is 17.9. The van der Waals surface area contributed by atoms with Crippen LogP contribution in [-0.2, 0) is 4.74 Å². The fourth-order valence-electron chi connectivity index (χ4n) is 8.71. The third-order valence-electron chi connectivity index (χ3n) is 11.8. The van der Waals surface area contributed by atoms with Crippen molar-refractivity contribution in [2.75, 3.05) is 0 Å². The molecule has 2 aliphatic rings. The van der Waals surface area contributed by atoms with E-state index in [1.54, 1.807) is 12.1 Å². The highest BCUT2D eigenvalue weighted by Crippen LogP contribution is 2.47. The van der Waals surface area contributed by atoms with Crippen LogP contribution in [-0.4, -0.2) is 0 Å². The molecule has 51 heavy (non-hydrogen) atoms. The standard InChI is InChI=1S/C46H54F4O/c1-3-5-7-31-9-13-35(14-10-31)45(37-21-17-33(18-22-37)39-25-27-41(47)43(49)29-39)51-46(36-15-11-32(12-16-36)8-6-4-2)38-23-19-34(20-24-38)40-26-28-42(48)44(50)30-40/h17-32,35-36,45-46H,3-16H2,1-2H3/t31-,32-,35-,36-,45?,46?. The lowest BCUT2D eigenvalue weighted by atomic mass is 9.74. The van der Waals surface area contributed by atoms with Gasteiger partial charge in [0.15, 0.2) is 23.3 Å². The zero-order valence-electron chi connectivity index (χ0n) is 30.4. The summed E-state index contributed by atoms with van der Waals surface area (Å²) >= 11 is 0. The van der Waals surface area contributed by atoms with E-state index in [1.165, 1.54) is 88.5 Å². The van der Waals surface area contributed by atoms with Gasteiger partial charge < -0.3 is 4.74 Å². The molecule has 0 spiro atoms. The Bertz CT molecular complexity index is 1540. The summed E-state index contributed by atoms with van der Waals surface area (Å²) in [5.41, 5.74) is 5.22.